The molecule has 0 saturated heterocycles. The lowest BCUT2D eigenvalue weighted by atomic mass is 10.0. The van der Waals surface area contributed by atoms with E-state index in [0.717, 1.165) is 16.5 Å². The van der Waals surface area contributed by atoms with E-state index < -0.39 is 17.7 Å². The summed E-state index contributed by atoms with van der Waals surface area (Å²) in [6, 6.07) is 14.2. The molecule has 0 aliphatic carbocycles. The Balaban J connectivity index is 1.75. The topological polar surface area (TPSA) is 65.7 Å². The van der Waals surface area contributed by atoms with Gasteiger partial charge in [0.1, 0.15) is 17.9 Å². The van der Waals surface area contributed by atoms with Gasteiger partial charge in [-0.15, -0.1) is 0 Å². The van der Waals surface area contributed by atoms with E-state index in [9.17, 15) is 9.59 Å². The average Bonchev–Trinajstić information content (AvgIpc) is 2.61. The first-order valence-electron chi connectivity index (χ1n) is 8.36. The molecule has 0 saturated carbocycles. The number of esters is 1. The van der Waals surface area contributed by atoms with Crippen LogP contribution in [0.1, 0.15) is 23.6 Å². The summed E-state index contributed by atoms with van der Waals surface area (Å²) in [6.45, 7) is 5.53. The standard InChI is InChI=1S/C21H20O5/c1-13-9-18-16(11-20(22)26-19(18)10-14(13)2)12-24-21(23)15(3)25-17-7-5-4-6-8-17/h4-11,15H,12H2,1-3H3/t15-/m1/s1. The van der Waals surface area contributed by atoms with Crippen LogP contribution in [0.5, 0.6) is 5.75 Å². The first-order valence-corrected chi connectivity index (χ1v) is 8.36. The molecule has 0 N–H and O–H groups in total. The third-order valence-electron chi connectivity index (χ3n) is 4.20. The number of carbonyl (C=O) groups excluding carboxylic acids is 1. The Hall–Kier alpha value is -3.08. The van der Waals surface area contributed by atoms with Gasteiger partial charge in [0, 0.05) is 17.0 Å². The predicted octanol–water partition coefficient (Wildman–Crippen LogP) is 3.92. The van der Waals surface area contributed by atoms with Crippen LogP contribution in [0.3, 0.4) is 0 Å². The maximum Gasteiger partial charge on any atom is 0.347 e. The SMILES string of the molecule is Cc1cc2oc(=O)cc(COC(=O)[C@@H](C)Oc3ccccc3)c2cc1C. The quantitative estimate of drug-likeness (QED) is 0.514. The molecular formula is C21H20O5. The molecule has 1 atom stereocenters. The Kier molecular flexibility index (Phi) is 5.07. The van der Waals surface area contributed by atoms with E-state index in [4.69, 9.17) is 13.9 Å². The average molecular weight is 352 g/mol. The van der Waals surface area contributed by atoms with E-state index in [2.05, 4.69) is 0 Å². The Morgan fingerprint density at radius 1 is 1.08 bits per heavy atom. The highest BCUT2D eigenvalue weighted by Crippen LogP contribution is 2.22. The van der Waals surface area contributed by atoms with Crippen LogP contribution in [0, 0.1) is 13.8 Å². The fraction of sp³-hybridized carbons (Fsp3) is 0.238. The zero-order valence-corrected chi connectivity index (χ0v) is 14.9. The summed E-state index contributed by atoms with van der Waals surface area (Å²) >= 11 is 0. The van der Waals surface area contributed by atoms with Crippen LogP contribution in [-0.4, -0.2) is 12.1 Å². The van der Waals surface area contributed by atoms with Crippen LogP contribution < -0.4 is 10.4 Å². The van der Waals surface area contributed by atoms with E-state index in [1.807, 2.05) is 44.2 Å². The molecule has 134 valence electrons. The van der Waals surface area contributed by atoms with E-state index in [1.54, 1.807) is 19.1 Å². The van der Waals surface area contributed by atoms with Crippen LogP contribution in [0.25, 0.3) is 11.0 Å². The molecule has 2 aromatic carbocycles. The van der Waals surface area contributed by atoms with Crippen LogP contribution in [0.15, 0.2) is 57.7 Å². The van der Waals surface area contributed by atoms with Crippen molar-refractivity contribution in [2.24, 2.45) is 0 Å². The molecule has 0 radical (unpaired) electrons. The first-order chi connectivity index (χ1) is 12.4. The maximum atomic E-state index is 12.2. The molecule has 0 amide bonds. The monoisotopic (exact) mass is 352 g/mol. The molecule has 0 bridgehead atoms. The van der Waals surface area contributed by atoms with Gasteiger partial charge in [-0.1, -0.05) is 18.2 Å². The van der Waals surface area contributed by atoms with Crippen molar-refractivity contribution in [3.05, 3.63) is 75.6 Å². The minimum Gasteiger partial charge on any atom is -0.479 e. The second-order valence-corrected chi connectivity index (χ2v) is 6.20. The maximum absolute atomic E-state index is 12.2. The Morgan fingerprint density at radius 3 is 2.50 bits per heavy atom. The van der Waals surface area contributed by atoms with Crippen molar-refractivity contribution in [2.45, 2.75) is 33.5 Å². The van der Waals surface area contributed by atoms with E-state index in [1.165, 1.54) is 6.07 Å². The molecule has 0 aliphatic rings. The zero-order chi connectivity index (χ0) is 18.7. The van der Waals surface area contributed by atoms with Crippen molar-refractivity contribution in [1.29, 1.82) is 0 Å². The lowest BCUT2D eigenvalue weighted by Gasteiger charge is -2.14. The van der Waals surface area contributed by atoms with Gasteiger partial charge in [0.2, 0.25) is 0 Å². The highest BCUT2D eigenvalue weighted by Gasteiger charge is 2.17. The van der Waals surface area contributed by atoms with Gasteiger partial charge in [-0.3, -0.25) is 0 Å². The number of rotatable bonds is 5. The largest absolute Gasteiger partial charge is 0.479 e. The second-order valence-electron chi connectivity index (χ2n) is 6.20. The molecule has 0 fully saturated rings. The molecule has 0 aliphatic heterocycles. The Bertz CT molecular complexity index is 988. The minimum atomic E-state index is -0.757. The molecule has 5 heteroatoms. The molecule has 0 spiro atoms. The van der Waals surface area contributed by atoms with Crippen molar-refractivity contribution in [3.63, 3.8) is 0 Å². The third-order valence-corrected chi connectivity index (χ3v) is 4.20. The van der Waals surface area contributed by atoms with Crippen LogP contribution in [0.2, 0.25) is 0 Å². The van der Waals surface area contributed by atoms with Crippen molar-refractivity contribution in [1.82, 2.24) is 0 Å². The highest BCUT2D eigenvalue weighted by atomic mass is 16.6. The van der Waals surface area contributed by atoms with Crippen LogP contribution in [0.4, 0.5) is 0 Å². The fourth-order valence-corrected chi connectivity index (χ4v) is 2.62. The van der Waals surface area contributed by atoms with E-state index in [-0.39, 0.29) is 6.61 Å². The highest BCUT2D eigenvalue weighted by molar-refractivity contribution is 5.82. The molecule has 5 nitrogen and oxygen atoms in total. The number of hydrogen-bond acceptors (Lipinski definition) is 5. The van der Waals surface area contributed by atoms with Crippen molar-refractivity contribution < 1.29 is 18.7 Å². The summed E-state index contributed by atoms with van der Waals surface area (Å²) in [5, 5.41) is 0.761. The van der Waals surface area contributed by atoms with Gasteiger partial charge >= 0.3 is 11.6 Å². The summed E-state index contributed by atoms with van der Waals surface area (Å²) < 4.78 is 16.2. The molecule has 0 unspecified atom stereocenters. The number of carbonyl (C=O) groups is 1. The summed E-state index contributed by atoms with van der Waals surface area (Å²) in [5.41, 5.74) is 2.72. The lowest BCUT2D eigenvalue weighted by molar-refractivity contribution is -0.152. The van der Waals surface area contributed by atoms with E-state index in [0.29, 0.717) is 16.9 Å². The number of aryl methyl sites for hydroxylation is 2. The first kappa shape index (κ1) is 17.7. The van der Waals surface area contributed by atoms with Gasteiger partial charge < -0.3 is 13.9 Å². The number of fused-ring (bicyclic) bond motifs is 1. The van der Waals surface area contributed by atoms with Crippen LogP contribution in [-0.2, 0) is 16.1 Å². The van der Waals surface area contributed by atoms with Crippen molar-refractivity contribution >= 4 is 16.9 Å². The van der Waals surface area contributed by atoms with Gasteiger partial charge in [-0.25, -0.2) is 9.59 Å². The Labute approximate surface area is 151 Å². The summed E-state index contributed by atoms with van der Waals surface area (Å²) in [7, 11) is 0. The minimum absolute atomic E-state index is 0.0219. The normalized spacial score (nSPS) is 12.0. The van der Waals surface area contributed by atoms with Crippen LogP contribution >= 0.6 is 0 Å². The van der Waals surface area contributed by atoms with Gasteiger partial charge in [0.05, 0.1) is 0 Å². The number of benzene rings is 2. The fourth-order valence-electron chi connectivity index (χ4n) is 2.62. The van der Waals surface area contributed by atoms with Gasteiger partial charge in [0.15, 0.2) is 6.10 Å². The molecular weight excluding hydrogens is 332 g/mol. The Morgan fingerprint density at radius 2 is 1.77 bits per heavy atom. The van der Waals surface area contributed by atoms with Gasteiger partial charge in [0.25, 0.3) is 0 Å². The van der Waals surface area contributed by atoms with Gasteiger partial charge in [-0.2, -0.15) is 0 Å². The number of hydrogen-bond donors (Lipinski definition) is 0. The second kappa shape index (κ2) is 7.44. The molecule has 3 rings (SSSR count). The summed E-state index contributed by atoms with van der Waals surface area (Å²) in [5.74, 6) is 0.0907. The van der Waals surface area contributed by atoms with Gasteiger partial charge in [-0.05, 0) is 56.2 Å². The number of para-hydroxylation sites is 1. The molecule has 26 heavy (non-hydrogen) atoms. The molecule has 1 aromatic heterocycles. The third kappa shape index (κ3) is 3.94. The molecule has 1 heterocycles. The molecule has 3 aromatic rings. The number of ether oxygens (including phenoxy) is 2. The smallest absolute Gasteiger partial charge is 0.347 e. The summed E-state index contributed by atoms with van der Waals surface area (Å²) in [4.78, 5) is 24.0. The van der Waals surface area contributed by atoms with Crippen molar-refractivity contribution in [2.75, 3.05) is 0 Å². The summed E-state index contributed by atoms with van der Waals surface area (Å²) in [6.07, 6.45) is -0.757. The predicted molar refractivity (Wildman–Crippen MR) is 98.3 cm³/mol. The van der Waals surface area contributed by atoms with E-state index >= 15 is 0 Å². The van der Waals surface area contributed by atoms with Crippen molar-refractivity contribution in [3.8, 4) is 5.75 Å². The lowest BCUT2D eigenvalue weighted by Crippen LogP contribution is -2.26. The zero-order valence-electron chi connectivity index (χ0n) is 14.9.